The van der Waals surface area contributed by atoms with Crippen molar-refractivity contribution in [3.63, 3.8) is 0 Å². The lowest BCUT2D eigenvalue weighted by atomic mass is 10.5. The highest BCUT2D eigenvalue weighted by Crippen LogP contribution is 2.21. The highest BCUT2D eigenvalue weighted by Gasteiger charge is 1.96. The molecular weight excluding hydrogens is 130 g/mol. The van der Waals surface area contributed by atoms with Crippen LogP contribution in [0, 0.1) is 0 Å². The summed E-state index contributed by atoms with van der Waals surface area (Å²) in [6, 6.07) is 0. The van der Waals surface area contributed by atoms with E-state index in [2.05, 4.69) is 20.8 Å². The number of hydrogen-bond donors (Lipinski definition) is 1. The number of hydrogen-bond acceptors (Lipinski definition) is 2. The van der Waals surface area contributed by atoms with Crippen LogP contribution in [0.3, 0.4) is 0 Å². The maximum atomic E-state index is 5.54. The Bertz CT molecular complexity index is 112. The molecule has 0 aliphatic rings. The van der Waals surface area contributed by atoms with Crippen molar-refractivity contribution in [2.75, 3.05) is 0 Å². The molecule has 0 bridgehead atoms. The maximum absolute atomic E-state index is 5.54. The average molecular weight is 145 g/mol. The summed E-state index contributed by atoms with van der Waals surface area (Å²) in [7, 11) is 0. The molecule has 0 spiro atoms. The van der Waals surface area contributed by atoms with Crippen LogP contribution in [0.25, 0.3) is 0 Å². The van der Waals surface area contributed by atoms with Gasteiger partial charge in [0, 0.05) is 15.9 Å². The third-order valence-corrected chi connectivity index (χ3v) is 2.11. The van der Waals surface area contributed by atoms with Crippen molar-refractivity contribution >= 4 is 11.8 Å². The van der Waals surface area contributed by atoms with E-state index in [1.807, 2.05) is 18.7 Å². The van der Waals surface area contributed by atoms with E-state index in [1.54, 1.807) is 0 Å². The van der Waals surface area contributed by atoms with E-state index in [0.717, 1.165) is 5.70 Å². The minimum atomic E-state index is 0.642. The fourth-order valence-electron chi connectivity index (χ4n) is 0.446. The van der Waals surface area contributed by atoms with Gasteiger partial charge in [-0.2, -0.15) is 0 Å². The van der Waals surface area contributed by atoms with Gasteiger partial charge in [0.25, 0.3) is 0 Å². The first-order valence-corrected chi connectivity index (χ1v) is 4.01. The molecule has 0 fully saturated rings. The van der Waals surface area contributed by atoms with Gasteiger partial charge in [0.2, 0.25) is 0 Å². The van der Waals surface area contributed by atoms with Crippen LogP contribution in [0.1, 0.15) is 27.7 Å². The number of thioether (sulfide) groups is 1. The van der Waals surface area contributed by atoms with Crippen molar-refractivity contribution in [1.82, 2.24) is 0 Å². The normalized spacial score (nSPS) is 13.9. The smallest absolute Gasteiger partial charge is 0.0143 e. The van der Waals surface area contributed by atoms with E-state index in [9.17, 15) is 0 Å². The second-order valence-corrected chi connectivity index (χ2v) is 4.20. The van der Waals surface area contributed by atoms with Gasteiger partial charge >= 0.3 is 0 Å². The summed E-state index contributed by atoms with van der Waals surface area (Å²) in [5.41, 5.74) is 6.48. The van der Waals surface area contributed by atoms with E-state index in [4.69, 9.17) is 5.73 Å². The number of rotatable bonds is 2. The molecule has 0 radical (unpaired) electrons. The molecule has 0 amide bonds. The Morgan fingerprint density at radius 3 is 1.89 bits per heavy atom. The summed E-state index contributed by atoms with van der Waals surface area (Å²) in [6.45, 7) is 8.32. The monoisotopic (exact) mass is 145 g/mol. The standard InChI is InChI=1S/C7H15NS/c1-5(2)9-7(4)6(3)8/h5H,8H2,1-4H3/b7-6-. The van der Waals surface area contributed by atoms with Gasteiger partial charge in [-0.15, -0.1) is 11.8 Å². The van der Waals surface area contributed by atoms with Crippen molar-refractivity contribution in [2.24, 2.45) is 5.73 Å². The first-order chi connectivity index (χ1) is 4.04. The molecule has 54 valence electrons. The van der Waals surface area contributed by atoms with Gasteiger partial charge < -0.3 is 5.73 Å². The molecule has 0 aromatic rings. The summed E-state index contributed by atoms with van der Waals surface area (Å²) < 4.78 is 0. The Morgan fingerprint density at radius 1 is 1.33 bits per heavy atom. The predicted octanol–water partition coefficient (Wildman–Crippen LogP) is 2.34. The van der Waals surface area contributed by atoms with Crippen LogP contribution in [-0.4, -0.2) is 5.25 Å². The van der Waals surface area contributed by atoms with Gasteiger partial charge in [0.1, 0.15) is 0 Å². The van der Waals surface area contributed by atoms with E-state index >= 15 is 0 Å². The summed E-state index contributed by atoms with van der Waals surface area (Å²) in [5, 5.41) is 0.642. The second kappa shape index (κ2) is 3.83. The second-order valence-electron chi connectivity index (χ2n) is 2.41. The van der Waals surface area contributed by atoms with Crippen LogP contribution in [0.15, 0.2) is 10.6 Å². The summed E-state index contributed by atoms with van der Waals surface area (Å²) >= 11 is 1.82. The summed E-state index contributed by atoms with van der Waals surface area (Å²) in [4.78, 5) is 1.24. The third kappa shape index (κ3) is 4.40. The zero-order valence-corrected chi connectivity index (χ0v) is 7.38. The Kier molecular flexibility index (Phi) is 3.78. The molecule has 1 nitrogen and oxygen atoms in total. The number of allylic oxidation sites excluding steroid dienone is 2. The van der Waals surface area contributed by atoms with Crippen LogP contribution in [0.5, 0.6) is 0 Å². The van der Waals surface area contributed by atoms with Crippen molar-refractivity contribution in [3.8, 4) is 0 Å². The first kappa shape index (κ1) is 8.89. The minimum absolute atomic E-state index is 0.642. The van der Waals surface area contributed by atoms with E-state index in [0.29, 0.717) is 5.25 Å². The van der Waals surface area contributed by atoms with E-state index < -0.39 is 0 Å². The van der Waals surface area contributed by atoms with Crippen LogP contribution in [-0.2, 0) is 0 Å². The lowest BCUT2D eigenvalue weighted by molar-refractivity contribution is 1.11. The van der Waals surface area contributed by atoms with Crippen molar-refractivity contribution in [2.45, 2.75) is 32.9 Å². The molecular formula is C7H15NS. The molecule has 0 aliphatic heterocycles. The Morgan fingerprint density at radius 2 is 1.78 bits per heavy atom. The van der Waals surface area contributed by atoms with Gasteiger partial charge in [-0.25, -0.2) is 0 Å². The quantitative estimate of drug-likeness (QED) is 0.645. The minimum Gasteiger partial charge on any atom is -0.402 e. The predicted molar refractivity (Wildman–Crippen MR) is 45.3 cm³/mol. The lowest BCUT2D eigenvalue weighted by Crippen LogP contribution is -1.95. The van der Waals surface area contributed by atoms with E-state index in [1.165, 1.54) is 4.91 Å². The van der Waals surface area contributed by atoms with Crippen LogP contribution >= 0.6 is 11.8 Å². The largest absolute Gasteiger partial charge is 0.402 e. The maximum Gasteiger partial charge on any atom is 0.0143 e. The molecule has 2 heteroatoms. The molecule has 0 aromatic heterocycles. The molecule has 0 saturated heterocycles. The van der Waals surface area contributed by atoms with Gasteiger partial charge in [-0.3, -0.25) is 0 Å². The topological polar surface area (TPSA) is 26.0 Å². The lowest BCUT2D eigenvalue weighted by Gasteiger charge is -2.05. The van der Waals surface area contributed by atoms with Gasteiger partial charge in [0.05, 0.1) is 0 Å². The van der Waals surface area contributed by atoms with Crippen molar-refractivity contribution in [1.29, 1.82) is 0 Å². The first-order valence-electron chi connectivity index (χ1n) is 3.13. The molecule has 0 saturated carbocycles. The number of nitrogens with two attached hydrogens (primary N) is 1. The van der Waals surface area contributed by atoms with Gasteiger partial charge in [-0.05, 0) is 13.8 Å². The van der Waals surface area contributed by atoms with Crippen LogP contribution < -0.4 is 5.73 Å². The Labute approximate surface area is 61.7 Å². The summed E-state index contributed by atoms with van der Waals surface area (Å²) in [6.07, 6.45) is 0. The fraction of sp³-hybridized carbons (Fsp3) is 0.714. The molecule has 0 aromatic carbocycles. The van der Waals surface area contributed by atoms with Crippen molar-refractivity contribution in [3.05, 3.63) is 10.6 Å². The zero-order valence-electron chi connectivity index (χ0n) is 6.56. The Hall–Kier alpha value is -0.110. The highest BCUT2D eigenvalue weighted by atomic mass is 32.2. The zero-order chi connectivity index (χ0) is 7.44. The van der Waals surface area contributed by atoms with Crippen LogP contribution in [0.2, 0.25) is 0 Å². The molecule has 0 rings (SSSR count). The molecule has 0 atom stereocenters. The third-order valence-electron chi connectivity index (χ3n) is 0.968. The molecule has 2 N–H and O–H groups in total. The van der Waals surface area contributed by atoms with Gasteiger partial charge in [-0.1, -0.05) is 13.8 Å². The average Bonchev–Trinajstić information content (AvgIpc) is 1.63. The molecule has 0 heterocycles. The highest BCUT2D eigenvalue weighted by molar-refractivity contribution is 8.03. The molecule has 0 aliphatic carbocycles. The SMILES string of the molecule is C/C(N)=C(\C)SC(C)C. The molecule has 0 unspecified atom stereocenters. The Balaban J connectivity index is 3.77. The molecule has 9 heavy (non-hydrogen) atoms. The van der Waals surface area contributed by atoms with Crippen LogP contribution in [0.4, 0.5) is 0 Å². The summed E-state index contributed by atoms with van der Waals surface area (Å²) in [5.74, 6) is 0. The van der Waals surface area contributed by atoms with Crippen molar-refractivity contribution < 1.29 is 0 Å². The fourth-order valence-corrected chi connectivity index (χ4v) is 1.34. The van der Waals surface area contributed by atoms with Gasteiger partial charge in [0.15, 0.2) is 0 Å². The van der Waals surface area contributed by atoms with E-state index in [-0.39, 0.29) is 0 Å².